The Kier molecular flexibility index (Phi) is 2.35. The Morgan fingerprint density at radius 1 is 1.44 bits per heavy atom. The van der Waals surface area contributed by atoms with E-state index in [4.69, 9.17) is 11.6 Å². The second-order valence-electron chi connectivity index (χ2n) is 1.92. The molecule has 0 aliphatic heterocycles. The van der Waals surface area contributed by atoms with Gasteiger partial charge in [0.05, 0.1) is 5.02 Å². The van der Waals surface area contributed by atoms with Gasteiger partial charge in [0.25, 0.3) is 0 Å². The van der Waals surface area contributed by atoms with E-state index in [0.29, 0.717) is 0 Å². The quantitative estimate of drug-likeness (QED) is 0.622. The lowest BCUT2D eigenvalue weighted by atomic mass is 10.2. The maximum atomic E-state index is 5.77. The maximum Gasteiger partial charge on any atom is 0.0539 e. The van der Waals surface area contributed by atoms with E-state index in [1.165, 1.54) is 5.56 Å². The first kappa shape index (κ1) is 7.35. The molecular formula is C7H6ClI. The van der Waals surface area contributed by atoms with Crippen LogP contribution in [-0.4, -0.2) is 0 Å². The zero-order valence-electron chi connectivity index (χ0n) is 4.99. The molecule has 1 aromatic carbocycles. The first-order valence-electron chi connectivity index (χ1n) is 2.62. The number of halogens is 2. The minimum Gasteiger partial charge on any atom is -0.0832 e. The Morgan fingerprint density at radius 3 is 2.56 bits per heavy atom. The van der Waals surface area contributed by atoms with Gasteiger partial charge in [-0.2, -0.15) is 0 Å². The van der Waals surface area contributed by atoms with Crippen LogP contribution in [0.2, 0.25) is 5.02 Å². The predicted molar refractivity (Wildman–Crippen MR) is 48.9 cm³/mol. The van der Waals surface area contributed by atoms with Gasteiger partial charge in [0.1, 0.15) is 0 Å². The summed E-state index contributed by atoms with van der Waals surface area (Å²) in [6, 6.07) is 5.98. The molecular weight excluding hydrogens is 246 g/mol. The van der Waals surface area contributed by atoms with Crippen LogP contribution in [0.25, 0.3) is 0 Å². The number of benzene rings is 1. The summed E-state index contributed by atoms with van der Waals surface area (Å²) >= 11 is 7.99. The Hall–Kier alpha value is 0.240. The van der Waals surface area contributed by atoms with Crippen molar-refractivity contribution in [3.63, 3.8) is 0 Å². The van der Waals surface area contributed by atoms with E-state index >= 15 is 0 Å². The molecule has 0 saturated heterocycles. The van der Waals surface area contributed by atoms with Crippen molar-refractivity contribution in [2.75, 3.05) is 0 Å². The summed E-state index contributed by atoms with van der Waals surface area (Å²) < 4.78 is 1.12. The van der Waals surface area contributed by atoms with Crippen molar-refractivity contribution in [3.8, 4) is 0 Å². The molecule has 0 fully saturated rings. The first-order chi connectivity index (χ1) is 4.20. The summed E-state index contributed by atoms with van der Waals surface area (Å²) in [4.78, 5) is 0. The molecule has 1 aromatic rings. The lowest BCUT2D eigenvalue weighted by molar-refractivity contribution is 1.45. The standard InChI is InChI=1S/C7H6ClI/c1-5-2-3-6(8)7(9)4-5/h2-4H,1H3. The van der Waals surface area contributed by atoms with Gasteiger partial charge < -0.3 is 0 Å². The highest BCUT2D eigenvalue weighted by Gasteiger charge is 1.93. The average Bonchev–Trinajstić information content (AvgIpc) is 1.80. The fourth-order valence-corrected chi connectivity index (χ4v) is 1.39. The van der Waals surface area contributed by atoms with Crippen molar-refractivity contribution in [1.82, 2.24) is 0 Å². The van der Waals surface area contributed by atoms with Crippen LogP contribution in [0.1, 0.15) is 5.56 Å². The molecule has 0 N–H and O–H groups in total. The molecule has 0 saturated carbocycles. The highest BCUT2D eigenvalue weighted by Crippen LogP contribution is 2.18. The highest BCUT2D eigenvalue weighted by molar-refractivity contribution is 14.1. The van der Waals surface area contributed by atoms with Crippen LogP contribution in [0.4, 0.5) is 0 Å². The van der Waals surface area contributed by atoms with E-state index in [0.717, 1.165) is 8.59 Å². The molecule has 9 heavy (non-hydrogen) atoms. The van der Waals surface area contributed by atoms with E-state index in [2.05, 4.69) is 35.6 Å². The van der Waals surface area contributed by atoms with E-state index < -0.39 is 0 Å². The number of hydrogen-bond donors (Lipinski definition) is 0. The molecule has 0 bridgehead atoms. The van der Waals surface area contributed by atoms with Crippen LogP contribution in [-0.2, 0) is 0 Å². The van der Waals surface area contributed by atoms with Crippen molar-refractivity contribution in [2.45, 2.75) is 6.92 Å². The lowest BCUT2D eigenvalue weighted by Crippen LogP contribution is -1.75. The van der Waals surface area contributed by atoms with E-state index in [9.17, 15) is 0 Å². The van der Waals surface area contributed by atoms with Gasteiger partial charge in [-0.3, -0.25) is 0 Å². The molecule has 2 heteroatoms. The zero-order valence-corrected chi connectivity index (χ0v) is 7.90. The zero-order chi connectivity index (χ0) is 6.85. The third-order valence-corrected chi connectivity index (χ3v) is 2.62. The summed E-state index contributed by atoms with van der Waals surface area (Å²) in [5.74, 6) is 0. The van der Waals surface area contributed by atoms with Crippen LogP contribution in [0.5, 0.6) is 0 Å². The molecule has 48 valence electrons. The van der Waals surface area contributed by atoms with E-state index in [-0.39, 0.29) is 0 Å². The van der Waals surface area contributed by atoms with Crippen molar-refractivity contribution in [2.24, 2.45) is 0 Å². The smallest absolute Gasteiger partial charge is 0.0539 e. The van der Waals surface area contributed by atoms with Crippen LogP contribution in [0, 0.1) is 10.5 Å². The van der Waals surface area contributed by atoms with Crippen molar-refractivity contribution < 1.29 is 0 Å². The summed E-state index contributed by atoms with van der Waals surface area (Å²) in [7, 11) is 0. The Labute approximate surface area is 73.4 Å². The van der Waals surface area contributed by atoms with Crippen molar-refractivity contribution in [3.05, 3.63) is 32.4 Å². The summed E-state index contributed by atoms with van der Waals surface area (Å²) in [6.07, 6.45) is 0. The minimum absolute atomic E-state index is 0.834. The van der Waals surface area contributed by atoms with Gasteiger partial charge in [-0.1, -0.05) is 17.7 Å². The van der Waals surface area contributed by atoms with Crippen LogP contribution in [0.3, 0.4) is 0 Å². The van der Waals surface area contributed by atoms with Gasteiger partial charge in [-0.25, -0.2) is 0 Å². The van der Waals surface area contributed by atoms with Gasteiger partial charge in [-0.05, 0) is 47.2 Å². The molecule has 0 nitrogen and oxygen atoms in total. The summed E-state index contributed by atoms with van der Waals surface area (Å²) in [5.41, 5.74) is 1.25. The van der Waals surface area contributed by atoms with Gasteiger partial charge in [0, 0.05) is 3.57 Å². The van der Waals surface area contributed by atoms with Crippen LogP contribution in [0.15, 0.2) is 18.2 Å². The molecule has 1 rings (SSSR count). The molecule has 0 atom stereocenters. The Morgan fingerprint density at radius 2 is 2.11 bits per heavy atom. The van der Waals surface area contributed by atoms with Gasteiger partial charge >= 0.3 is 0 Å². The second-order valence-corrected chi connectivity index (χ2v) is 3.49. The average molecular weight is 252 g/mol. The normalized spacial score (nSPS) is 9.67. The number of aryl methyl sites for hydroxylation is 1. The molecule has 0 radical (unpaired) electrons. The first-order valence-corrected chi connectivity index (χ1v) is 4.07. The molecule has 0 heterocycles. The maximum absolute atomic E-state index is 5.77. The molecule has 0 aliphatic carbocycles. The fourth-order valence-electron chi connectivity index (χ4n) is 0.601. The molecule has 0 aromatic heterocycles. The third-order valence-electron chi connectivity index (χ3n) is 1.08. The largest absolute Gasteiger partial charge is 0.0832 e. The predicted octanol–water partition coefficient (Wildman–Crippen LogP) is 3.25. The molecule has 0 spiro atoms. The monoisotopic (exact) mass is 252 g/mol. The van der Waals surface area contributed by atoms with Gasteiger partial charge in [0.15, 0.2) is 0 Å². The van der Waals surface area contributed by atoms with Gasteiger partial charge in [0.2, 0.25) is 0 Å². The van der Waals surface area contributed by atoms with Crippen LogP contribution < -0.4 is 0 Å². The second kappa shape index (κ2) is 2.88. The number of rotatable bonds is 0. The summed E-state index contributed by atoms with van der Waals surface area (Å²) in [5, 5.41) is 0.834. The minimum atomic E-state index is 0.834. The fraction of sp³-hybridized carbons (Fsp3) is 0.143. The Balaban J connectivity index is 3.17. The van der Waals surface area contributed by atoms with Crippen LogP contribution >= 0.6 is 34.2 Å². The topological polar surface area (TPSA) is 0 Å². The lowest BCUT2D eigenvalue weighted by Gasteiger charge is -1.94. The molecule has 0 unspecified atom stereocenters. The number of hydrogen-bond acceptors (Lipinski definition) is 0. The van der Waals surface area contributed by atoms with E-state index in [1.54, 1.807) is 0 Å². The summed E-state index contributed by atoms with van der Waals surface area (Å²) in [6.45, 7) is 2.05. The third kappa shape index (κ3) is 1.83. The van der Waals surface area contributed by atoms with Gasteiger partial charge in [-0.15, -0.1) is 0 Å². The Bertz CT molecular complexity index is 220. The molecule has 0 amide bonds. The highest BCUT2D eigenvalue weighted by atomic mass is 127. The van der Waals surface area contributed by atoms with E-state index in [1.807, 2.05) is 12.1 Å². The van der Waals surface area contributed by atoms with Crippen molar-refractivity contribution >= 4 is 34.2 Å². The SMILES string of the molecule is Cc1ccc(Cl)c(I)c1. The van der Waals surface area contributed by atoms with Crippen molar-refractivity contribution in [1.29, 1.82) is 0 Å². The molecule has 0 aliphatic rings.